The van der Waals surface area contributed by atoms with Crippen molar-refractivity contribution in [2.24, 2.45) is 0 Å². The van der Waals surface area contributed by atoms with E-state index in [1.165, 1.54) is 6.07 Å². The molecule has 0 bridgehead atoms. The molecule has 4 nitrogen and oxygen atoms in total. The number of ether oxygens (including phenoxy) is 1. The smallest absolute Gasteiger partial charge is 0.338 e. The van der Waals surface area contributed by atoms with Crippen molar-refractivity contribution in [3.8, 4) is 5.75 Å². The fourth-order valence-corrected chi connectivity index (χ4v) is 1.50. The van der Waals surface area contributed by atoms with E-state index >= 15 is 0 Å². The summed E-state index contributed by atoms with van der Waals surface area (Å²) in [5, 5.41) is 10.3. The molecule has 1 aromatic carbocycles. The second-order valence-corrected chi connectivity index (χ2v) is 3.29. The molecule has 4 heteroatoms. The SMILES string of the molecule is CCOC(=O)c1cc(O)c2cccnc2c1. The Morgan fingerprint density at radius 2 is 2.31 bits per heavy atom. The molecule has 0 unspecified atom stereocenters. The molecule has 0 atom stereocenters. The Morgan fingerprint density at radius 1 is 1.50 bits per heavy atom. The predicted molar refractivity (Wildman–Crippen MR) is 59.4 cm³/mol. The van der Waals surface area contributed by atoms with Crippen molar-refractivity contribution in [1.82, 2.24) is 4.98 Å². The Bertz CT molecular complexity index is 537. The zero-order chi connectivity index (χ0) is 11.5. The first kappa shape index (κ1) is 10.4. The number of hydrogen-bond donors (Lipinski definition) is 1. The van der Waals surface area contributed by atoms with Crippen LogP contribution in [0.4, 0.5) is 0 Å². The number of aromatic nitrogens is 1. The zero-order valence-corrected chi connectivity index (χ0v) is 8.80. The standard InChI is InChI=1S/C12H11NO3/c1-2-16-12(15)8-6-10-9(11(14)7-8)4-3-5-13-10/h3-7,14H,2H2,1H3. The summed E-state index contributed by atoms with van der Waals surface area (Å²) in [7, 11) is 0. The highest BCUT2D eigenvalue weighted by molar-refractivity contribution is 5.96. The first-order valence-corrected chi connectivity index (χ1v) is 4.97. The van der Waals surface area contributed by atoms with E-state index in [0.717, 1.165) is 0 Å². The normalized spacial score (nSPS) is 10.3. The number of rotatable bonds is 2. The first-order valence-electron chi connectivity index (χ1n) is 4.97. The van der Waals surface area contributed by atoms with Gasteiger partial charge in [0.2, 0.25) is 0 Å². The van der Waals surface area contributed by atoms with Crippen molar-refractivity contribution >= 4 is 16.9 Å². The van der Waals surface area contributed by atoms with Gasteiger partial charge in [-0.15, -0.1) is 0 Å². The van der Waals surface area contributed by atoms with Gasteiger partial charge in [0, 0.05) is 11.6 Å². The number of nitrogens with zero attached hydrogens (tertiary/aromatic N) is 1. The topological polar surface area (TPSA) is 59.4 Å². The Morgan fingerprint density at radius 3 is 3.06 bits per heavy atom. The number of fused-ring (bicyclic) bond motifs is 1. The number of esters is 1. The van der Waals surface area contributed by atoms with E-state index in [4.69, 9.17) is 4.74 Å². The third-order valence-electron chi connectivity index (χ3n) is 2.21. The summed E-state index contributed by atoms with van der Waals surface area (Å²) < 4.78 is 4.85. The first-order chi connectivity index (χ1) is 7.72. The van der Waals surface area contributed by atoms with E-state index in [1.807, 2.05) is 0 Å². The maximum atomic E-state index is 11.5. The Hall–Kier alpha value is -2.10. The van der Waals surface area contributed by atoms with Gasteiger partial charge >= 0.3 is 5.97 Å². The second-order valence-electron chi connectivity index (χ2n) is 3.29. The van der Waals surface area contributed by atoms with Crippen LogP contribution in [-0.2, 0) is 4.74 Å². The number of pyridine rings is 1. The van der Waals surface area contributed by atoms with Gasteiger partial charge in [-0.05, 0) is 31.2 Å². The van der Waals surface area contributed by atoms with Crippen LogP contribution in [0.3, 0.4) is 0 Å². The van der Waals surface area contributed by atoms with Gasteiger partial charge in [0.25, 0.3) is 0 Å². The minimum atomic E-state index is -0.453. The summed E-state index contributed by atoms with van der Waals surface area (Å²) >= 11 is 0. The van der Waals surface area contributed by atoms with Crippen molar-refractivity contribution < 1.29 is 14.6 Å². The minimum Gasteiger partial charge on any atom is -0.507 e. The van der Waals surface area contributed by atoms with Gasteiger partial charge in [0.15, 0.2) is 0 Å². The number of benzene rings is 1. The molecule has 2 aromatic rings. The number of phenolic OH excluding ortho intramolecular Hbond substituents is 1. The lowest BCUT2D eigenvalue weighted by atomic mass is 10.1. The summed E-state index contributed by atoms with van der Waals surface area (Å²) in [6.45, 7) is 2.04. The monoisotopic (exact) mass is 217 g/mol. The molecule has 0 fully saturated rings. The van der Waals surface area contributed by atoms with Crippen LogP contribution >= 0.6 is 0 Å². The number of carbonyl (C=O) groups excluding carboxylic acids is 1. The maximum Gasteiger partial charge on any atom is 0.338 e. The summed E-state index contributed by atoms with van der Waals surface area (Å²) in [4.78, 5) is 15.6. The van der Waals surface area contributed by atoms with Crippen LogP contribution < -0.4 is 0 Å². The molecule has 0 aliphatic rings. The van der Waals surface area contributed by atoms with E-state index < -0.39 is 5.97 Å². The van der Waals surface area contributed by atoms with E-state index in [2.05, 4.69) is 4.98 Å². The number of phenols is 1. The van der Waals surface area contributed by atoms with Crippen LogP contribution in [0.15, 0.2) is 30.5 Å². The minimum absolute atomic E-state index is 0.0358. The van der Waals surface area contributed by atoms with Crippen molar-refractivity contribution in [2.75, 3.05) is 6.61 Å². The van der Waals surface area contributed by atoms with Gasteiger partial charge < -0.3 is 9.84 Å². The molecule has 1 aromatic heterocycles. The predicted octanol–water partition coefficient (Wildman–Crippen LogP) is 2.12. The zero-order valence-electron chi connectivity index (χ0n) is 8.80. The van der Waals surface area contributed by atoms with E-state index in [0.29, 0.717) is 23.1 Å². The Balaban J connectivity index is 2.53. The highest BCUT2D eigenvalue weighted by Crippen LogP contribution is 2.25. The molecule has 0 saturated carbocycles. The van der Waals surface area contributed by atoms with E-state index in [9.17, 15) is 9.90 Å². The van der Waals surface area contributed by atoms with Crippen molar-refractivity contribution in [3.63, 3.8) is 0 Å². The van der Waals surface area contributed by atoms with Crippen molar-refractivity contribution in [3.05, 3.63) is 36.0 Å². The fraction of sp³-hybridized carbons (Fsp3) is 0.167. The summed E-state index contributed by atoms with van der Waals surface area (Å²) in [5.41, 5.74) is 0.885. The van der Waals surface area contributed by atoms with Crippen LogP contribution in [0.25, 0.3) is 10.9 Å². The Labute approximate surface area is 92.5 Å². The molecule has 0 saturated heterocycles. The highest BCUT2D eigenvalue weighted by Gasteiger charge is 2.10. The highest BCUT2D eigenvalue weighted by atomic mass is 16.5. The average molecular weight is 217 g/mol. The van der Waals surface area contributed by atoms with Gasteiger partial charge in [-0.25, -0.2) is 4.79 Å². The molecule has 1 N–H and O–H groups in total. The average Bonchev–Trinajstić information content (AvgIpc) is 2.29. The molecular weight excluding hydrogens is 206 g/mol. The molecule has 0 spiro atoms. The van der Waals surface area contributed by atoms with Gasteiger partial charge in [-0.3, -0.25) is 4.98 Å². The van der Waals surface area contributed by atoms with Gasteiger partial charge in [0.1, 0.15) is 5.75 Å². The third-order valence-corrected chi connectivity index (χ3v) is 2.21. The van der Waals surface area contributed by atoms with Crippen molar-refractivity contribution in [1.29, 1.82) is 0 Å². The van der Waals surface area contributed by atoms with Crippen molar-refractivity contribution in [2.45, 2.75) is 6.92 Å². The summed E-state index contributed by atoms with van der Waals surface area (Å²) in [5.74, 6) is -0.418. The molecule has 0 radical (unpaired) electrons. The Kier molecular flexibility index (Phi) is 2.72. The molecular formula is C12H11NO3. The molecule has 82 valence electrons. The maximum absolute atomic E-state index is 11.5. The van der Waals surface area contributed by atoms with E-state index in [1.54, 1.807) is 31.3 Å². The quantitative estimate of drug-likeness (QED) is 0.783. The lowest BCUT2D eigenvalue weighted by Crippen LogP contribution is -2.04. The molecule has 1 heterocycles. The second kappa shape index (κ2) is 4.18. The molecule has 0 aliphatic carbocycles. The molecule has 0 amide bonds. The molecule has 2 rings (SSSR count). The van der Waals surface area contributed by atoms with Crippen LogP contribution in [0.5, 0.6) is 5.75 Å². The van der Waals surface area contributed by atoms with Crippen LogP contribution in [0.1, 0.15) is 17.3 Å². The van der Waals surface area contributed by atoms with E-state index in [-0.39, 0.29) is 5.75 Å². The van der Waals surface area contributed by atoms with Crippen LogP contribution in [0.2, 0.25) is 0 Å². The third kappa shape index (κ3) is 1.82. The number of hydrogen-bond acceptors (Lipinski definition) is 4. The molecule has 0 aliphatic heterocycles. The number of carbonyl (C=O) groups is 1. The van der Waals surface area contributed by atoms with Gasteiger partial charge in [-0.1, -0.05) is 0 Å². The van der Waals surface area contributed by atoms with Crippen LogP contribution in [-0.4, -0.2) is 22.7 Å². The van der Waals surface area contributed by atoms with Gasteiger partial charge in [-0.2, -0.15) is 0 Å². The van der Waals surface area contributed by atoms with Crippen LogP contribution in [0, 0.1) is 0 Å². The lowest BCUT2D eigenvalue weighted by Gasteiger charge is -2.04. The largest absolute Gasteiger partial charge is 0.507 e. The summed E-state index contributed by atoms with van der Waals surface area (Å²) in [6.07, 6.45) is 1.61. The summed E-state index contributed by atoms with van der Waals surface area (Å²) in [6, 6.07) is 6.47. The fourth-order valence-electron chi connectivity index (χ4n) is 1.50. The lowest BCUT2D eigenvalue weighted by molar-refractivity contribution is 0.0526. The molecule has 16 heavy (non-hydrogen) atoms. The van der Waals surface area contributed by atoms with Gasteiger partial charge in [0.05, 0.1) is 17.7 Å². The number of aromatic hydroxyl groups is 1.